The lowest BCUT2D eigenvalue weighted by Gasteiger charge is -2.18. The van der Waals surface area contributed by atoms with Crippen LogP contribution in [0.2, 0.25) is 0 Å². The molecule has 5 N–H and O–H groups in total. The van der Waals surface area contributed by atoms with Gasteiger partial charge in [0.15, 0.2) is 5.60 Å². The highest BCUT2D eigenvalue weighted by atomic mass is 16.4. The van der Waals surface area contributed by atoms with Gasteiger partial charge in [0.05, 0.1) is 12.8 Å². The van der Waals surface area contributed by atoms with Gasteiger partial charge in [-0.25, -0.2) is 4.79 Å². The van der Waals surface area contributed by atoms with E-state index < -0.39 is 42.3 Å². The van der Waals surface area contributed by atoms with E-state index in [-0.39, 0.29) is 0 Å². The Morgan fingerprint density at radius 2 is 0.771 bits per heavy atom. The number of rotatable bonds is 23. The van der Waals surface area contributed by atoms with Gasteiger partial charge in [-0.2, -0.15) is 0 Å². The van der Waals surface area contributed by atoms with Crippen LogP contribution in [-0.4, -0.2) is 55.0 Å². The number of unbranched alkanes of at least 4 members (excludes halogenated alkanes) is 16. The zero-order valence-electron chi connectivity index (χ0n) is 21.5. The highest BCUT2D eigenvalue weighted by Crippen LogP contribution is 2.16. The molecule has 0 amide bonds. The molecule has 0 fully saturated rings. The van der Waals surface area contributed by atoms with Crippen molar-refractivity contribution in [3.8, 4) is 0 Å². The minimum absolute atomic E-state index is 0.346. The van der Waals surface area contributed by atoms with Gasteiger partial charge in [0.25, 0.3) is 0 Å². The first kappa shape index (κ1) is 35.0. The molecule has 0 unspecified atom stereocenters. The van der Waals surface area contributed by atoms with Gasteiger partial charge in [0.2, 0.25) is 0 Å². The first-order chi connectivity index (χ1) is 16.5. The molecule has 9 nitrogen and oxygen atoms in total. The number of carboxylic acids is 4. The average Bonchev–Trinajstić information content (AvgIpc) is 2.75. The Bertz CT molecular complexity index is 559. The van der Waals surface area contributed by atoms with Crippen molar-refractivity contribution < 1.29 is 44.7 Å². The van der Waals surface area contributed by atoms with E-state index >= 15 is 0 Å². The summed E-state index contributed by atoms with van der Waals surface area (Å²) in [6.45, 7) is 2.28. The quantitative estimate of drug-likeness (QED) is 0.107. The van der Waals surface area contributed by atoms with Gasteiger partial charge in [-0.3, -0.25) is 14.4 Å². The van der Waals surface area contributed by atoms with E-state index in [1.807, 2.05) is 0 Å². The highest BCUT2D eigenvalue weighted by Gasteiger charge is 2.40. The maximum Gasteiger partial charge on any atom is 0.336 e. The first-order valence-electron chi connectivity index (χ1n) is 13.2. The molecule has 0 saturated heterocycles. The maximum absolute atomic E-state index is 10.4. The van der Waals surface area contributed by atoms with Gasteiger partial charge in [0, 0.05) is 6.42 Å². The Morgan fingerprint density at radius 3 is 1.00 bits per heavy atom. The van der Waals surface area contributed by atoms with Crippen molar-refractivity contribution in [3.05, 3.63) is 0 Å². The second-order valence-corrected chi connectivity index (χ2v) is 9.28. The minimum atomic E-state index is -2.74. The summed E-state index contributed by atoms with van der Waals surface area (Å²) in [6.07, 6.45) is 20.9. The number of aliphatic carboxylic acids is 4. The molecule has 0 saturated carbocycles. The number of aliphatic hydroxyl groups is 1. The molecule has 206 valence electrons. The predicted octanol–water partition coefficient (Wildman–Crippen LogP) is 5.86. The third-order valence-electron chi connectivity index (χ3n) is 5.78. The largest absolute Gasteiger partial charge is 0.481 e. The molecule has 0 aromatic carbocycles. The monoisotopic (exact) mass is 504 g/mol. The average molecular weight is 505 g/mol. The number of carbonyl (C=O) groups is 4. The van der Waals surface area contributed by atoms with Crippen molar-refractivity contribution in [2.75, 3.05) is 0 Å². The summed E-state index contributed by atoms with van der Waals surface area (Å²) in [5.74, 6) is -5.67. The van der Waals surface area contributed by atoms with Gasteiger partial charge >= 0.3 is 23.9 Å². The lowest BCUT2D eigenvalue weighted by atomic mass is 9.96. The van der Waals surface area contributed by atoms with Crippen molar-refractivity contribution in [1.29, 1.82) is 0 Å². The predicted molar refractivity (Wildman–Crippen MR) is 134 cm³/mol. The van der Waals surface area contributed by atoms with Crippen LogP contribution in [0.4, 0.5) is 0 Å². The minimum Gasteiger partial charge on any atom is -0.481 e. The fourth-order valence-electron chi connectivity index (χ4n) is 3.72. The summed E-state index contributed by atoms with van der Waals surface area (Å²) in [5, 5.41) is 42.4. The molecule has 0 aliphatic heterocycles. The third-order valence-corrected chi connectivity index (χ3v) is 5.78. The Hall–Kier alpha value is -2.16. The standard InChI is InChI=1S/C20H40O2.C6H8O7/c1-2-3-4-5-6-7-8-9-10-11-12-13-14-15-16-17-18-19-20(21)22;7-3(8)1-6(13,5(11)12)2-4(9)10/h2-19H2,1H3,(H,21,22);13H,1-2H2,(H,7,8)(H,9,10)(H,11,12). The van der Waals surface area contributed by atoms with Crippen LogP contribution in [0.15, 0.2) is 0 Å². The van der Waals surface area contributed by atoms with Gasteiger partial charge in [-0.1, -0.05) is 110 Å². The summed E-state index contributed by atoms with van der Waals surface area (Å²) in [7, 11) is 0. The number of hydrogen-bond donors (Lipinski definition) is 5. The molecule has 0 aliphatic carbocycles. The molecule has 0 heterocycles. The SMILES string of the molecule is CCCCCCCCCCCCCCCCCCCC(=O)O.O=C(O)CC(O)(CC(=O)O)C(=O)O. The Labute approximate surface area is 209 Å². The van der Waals surface area contributed by atoms with Gasteiger partial charge in [-0.05, 0) is 6.42 Å². The number of hydrogen-bond acceptors (Lipinski definition) is 5. The lowest BCUT2D eigenvalue weighted by molar-refractivity contribution is -0.170. The van der Waals surface area contributed by atoms with E-state index in [0.717, 1.165) is 12.8 Å². The molecule has 35 heavy (non-hydrogen) atoms. The summed E-state index contributed by atoms with van der Waals surface area (Å²) >= 11 is 0. The second kappa shape index (κ2) is 23.6. The van der Waals surface area contributed by atoms with E-state index in [1.54, 1.807) is 0 Å². The summed E-state index contributed by atoms with van der Waals surface area (Å²) in [5.41, 5.74) is -2.74. The van der Waals surface area contributed by atoms with E-state index in [1.165, 1.54) is 96.3 Å². The summed E-state index contributed by atoms with van der Waals surface area (Å²) in [6, 6.07) is 0. The Kier molecular flexibility index (Phi) is 23.6. The fourth-order valence-corrected chi connectivity index (χ4v) is 3.72. The molecule has 0 radical (unpaired) electrons. The van der Waals surface area contributed by atoms with E-state index in [0.29, 0.717) is 6.42 Å². The molecule has 0 atom stereocenters. The molecule has 0 rings (SSSR count). The van der Waals surface area contributed by atoms with Gasteiger partial charge in [0.1, 0.15) is 0 Å². The molecule has 0 aromatic rings. The molecule has 0 aromatic heterocycles. The molecule has 0 aliphatic rings. The smallest absolute Gasteiger partial charge is 0.336 e. The Balaban J connectivity index is 0. The Morgan fingerprint density at radius 1 is 0.486 bits per heavy atom. The lowest BCUT2D eigenvalue weighted by Crippen LogP contribution is -2.42. The van der Waals surface area contributed by atoms with Crippen molar-refractivity contribution in [3.63, 3.8) is 0 Å². The zero-order chi connectivity index (χ0) is 27.0. The third kappa shape index (κ3) is 26.3. The van der Waals surface area contributed by atoms with Crippen LogP contribution >= 0.6 is 0 Å². The molecule has 9 heteroatoms. The maximum atomic E-state index is 10.4. The first-order valence-corrected chi connectivity index (χ1v) is 13.2. The van der Waals surface area contributed by atoms with Crippen LogP contribution in [-0.2, 0) is 19.2 Å². The van der Waals surface area contributed by atoms with Crippen molar-refractivity contribution in [2.24, 2.45) is 0 Å². The highest BCUT2D eigenvalue weighted by molar-refractivity contribution is 5.88. The van der Waals surface area contributed by atoms with Crippen LogP contribution < -0.4 is 0 Å². The topological polar surface area (TPSA) is 169 Å². The molecular weight excluding hydrogens is 456 g/mol. The van der Waals surface area contributed by atoms with Crippen LogP contribution in [0.5, 0.6) is 0 Å². The normalized spacial score (nSPS) is 10.9. The van der Waals surface area contributed by atoms with Crippen molar-refractivity contribution >= 4 is 23.9 Å². The zero-order valence-corrected chi connectivity index (χ0v) is 21.5. The van der Waals surface area contributed by atoms with E-state index in [4.69, 9.17) is 25.5 Å². The van der Waals surface area contributed by atoms with Crippen molar-refractivity contribution in [2.45, 2.75) is 141 Å². The van der Waals surface area contributed by atoms with Crippen molar-refractivity contribution in [1.82, 2.24) is 0 Å². The molecule has 0 spiro atoms. The number of carboxylic acid groups (broad SMARTS) is 4. The van der Waals surface area contributed by atoms with Crippen LogP contribution in [0.25, 0.3) is 0 Å². The van der Waals surface area contributed by atoms with Crippen LogP contribution in [0.3, 0.4) is 0 Å². The molecule has 0 bridgehead atoms. The second-order valence-electron chi connectivity index (χ2n) is 9.28. The van der Waals surface area contributed by atoms with Crippen LogP contribution in [0, 0.1) is 0 Å². The van der Waals surface area contributed by atoms with Crippen LogP contribution in [0.1, 0.15) is 135 Å². The van der Waals surface area contributed by atoms with Gasteiger partial charge in [-0.15, -0.1) is 0 Å². The van der Waals surface area contributed by atoms with Gasteiger partial charge < -0.3 is 25.5 Å². The summed E-state index contributed by atoms with van der Waals surface area (Å²) < 4.78 is 0. The molecular formula is C26H48O9. The fraction of sp³-hybridized carbons (Fsp3) is 0.846. The van der Waals surface area contributed by atoms with E-state index in [9.17, 15) is 19.2 Å². The summed E-state index contributed by atoms with van der Waals surface area (Å²) in [4.78, 5) is 40.8. The van der Waals surface area contributed by atoms with E-state index in [2.05, 4.69) is 6.92 Å².